The fraction of sp³-hybridized carbons (Fsp3) is 0.778. The van der Waals surface area contributed by atoms with Crippen LogP contribution in [0.25, 0.3) is 0 Å². The summed E-state index contributed by atoms with van der Waals surface area (Å²) in [5.74, 6) is 0.396. The number of aromatic nitrogens is 3. The average molecular weight is 260 g/mol. The van der Waals surface area contributed by atoms with Crippen LogP contribution in [0.15, 0.2) is 4.60 Å². The molecular formula is C9H14BrN3O. The number of halogens is 1. The molecule has 1 fully saturated rings. The lowest BCUT2D eigenvalue weighted by molar-refractivity contribution is 0.118. The average Bonchev–Trinajstić information content (AvgIpc) is 2.46. The Hall–Kier alpha value is -0.420. The van der Waals surface area contributed by atoms with E-state index in [1.165, 1.54) is 0 Å². The zero-order valence-electron chi connectivity index (χ0n) is 8.15. The lowest BCUT2D eigenvalue weighted by atomic mass is 9.85. The Labute approximate surface area is 91.4 Å². The van der Waals surface area contributed by atoms with Crippen molar-refractivity contribution in [1.82, 2.24) is 15.0 Å². The summed E-state index contributed by atoms with van der Waals surface area (Å²) in [5, 5.41) is 17.5. The van der Waals surface area contributed by atoms with Crippen molar-refractivity contribution in [3.8, 4) is 0 Å². The maximum Gasteiger partial charge on any atom is 0.151 e. The first-order valence-electron chi connectivity index (χ1n) is 4.91. The van der Waals surface area contributed by atoms with Crippen molar-refractivity contribution in [3.05, 3.63) is 10.3 Å². The first-order chi connectivity index (χ1) is 6.68. The second-order valence-electron chi connectivity index (χ2n) is 3.91. The summed E-state index contributed by atoms with van der Waals surface area (Å²) in [6.07, 6.45) is 3.81. The molecule has 78 valence electrons. The smallest absolute Gasteiger partial charge is 0.151 e. The predicted octanol–water partition coefficient (Wildman–Crippen LogP) is 1.60. The van der Waals surface area contributed by atoms with E-state index in [1.54, 1.807) is 4.68 Å². The van der Waals surface area contributed by atoms with Crippen LogP contribution in [0, 0.1) is 0 Å². The van der Waals surface area contributed by atoms with Gasteiger partial charge in [-0.1, -0.05) is 11.6 Å². The van der Waals surface area contributed by atoms with Gasteiger partial charge in [0, 0.05) is 13.0 Å². The second-order valence-corrected chi connectivity index (χ2v) is 4.66. The minimum Gasteiger partial charge on any atom is -0.393 e. The van der Waals surface area contributed by atoms with E-state index in [0.29, 0.717) is 5.92 Å². The van der Waals surface area contributed by atoms with E-state index < -0.39 is 0 Å². The van der Waals surface area contributed by atoms with Crippen LogP contribution in [0.1, 0.15) is 37.3 Å². The molecule has 0 radical (unpaired) electrons. The molecule has 0 amide bonds. The highest BCUT2D eigenvalue weighted by Gasteiger charge is 2.26. The molecule has 2 rings (SSSR count). The van der Waals surface area contributed by atoms with E-state index in [0.717, 1.165) is 36.0 Å². The van der Waals surface area contributed by atoms with Gasteiger partial charge < -0.3 is 5.11 Å². The van der Waals surface area contributed by atoms with Gasteiger partial charge in [0.15, 0.2) is 4.60 Å². The van der Waals surface area contributed by atoms with Crippen molar-refractivity contribution in [2.75, 3.05) is 0 Å². The quantitative estimate of drug-likeness (QED) is 0.834. The van der Waals surface area contributed by atoms with Gasteiger partial charge in [-0.3, -0.25) is 4.68 Å². The molecular weight excluding hydrogens is 246 g/mol. The summed E-state index contributed by atoms with van der Waals surface area (Å²) in [4.78, 5) is 0. The molecule has 0 saturated heterocycles. The number of hydrogen-bond acceptors (Lipinski definition) is 3. The third kappa shape index (κ3) is 1.83. The summed E-state index contributed by atoms with van der Waals surface area (Å²) >= 11 is 3.40. The SMILES string of the molecule is Cn1nnc(Br)c1C1CCCC(O)C1. The Morgan fingerprint density at radius 2 is 2.29 bits per heavy atom. The van der Waals surface area contributed by atoms with E-state index in [4.69, 9.17) is 0 Å². The van der Waals surface area contributed by atoms with Crippen LogP contribution in [0.3, 0.4) is 0 Å². The lowest BCUT2D eigenvalue weighted by Crippen LogP contribution is -2.20. The van der Waals surface area contributed by atoms with E-state index in [2.05, 4.69) is 26.2 Å². The Balaban J connectivity index is 2.21. The minimum absolute atomic E-state index is 0.157. The van der Waals surface area contributed by atoms with Crippen molar-refractivity contribution in [2.24, 2.45) is 7.05 Å². The fourth-order valence-corrected chi connectivity index (χ4v) is 2.84. The first-order valence-corrected chi connectivity index (χ1v) is 5.71. The third-order valence-corrected chi connectivity index (χ3v) is 3.42. The van der Waals surface area contributed by atoms with Crippen molar-refractivity contribution in [2.45, 2.75) is 37.7 Å². The molecule has 5 heteroatoms. The molecule has 0 aliphatic heterocycles. The Morgan fingerprint density at radius 1 is 1.50 bits per heavy atom. The molecule has 1 heterocycles. The van der Waals surface area contributed by atoms with E-state index in [-0.39, 0.29) is 6.10 Å². The van der Waals surface area contributed by atoms with Gasteiger partial charge in [0.2, 0.25) is 0 Å². The Bertz CT molecular complexity index is 306. The summed E-state index contributed by atoms with van der Waals surface area (Å²) in [5.41, 5.74) is 1.11. The molecule has 0 aromatic carbocycles. The van der Waals surface area contributed by atoms with E-state index in [9.17, 15) is 5.11 Å². The van der Waals surface area contributed by atoms with E-state index >= 15 is 0 Å². The highest BCUT2D eigenvalue weighted by Crippen LogP contribution is 2.35. The van der Waals surface area contributed by atoms with Crippen LogP contribution in [0.5, 0.6) is 0 Å². The fourth-order valence-electron chi connectivity index (χ4n) is 2.18. The second kappa shape index (κ2) is 3.98. The number of aryl methyl sites for hydroxylation is 1. The standard InChI is InChI=1S/C9H14BrN3O/c1-13-8(9(10)11-12-13)6-3-2-4-7(14)5-6/h6-7,14H,2-5H2,1H3. The van der Waals surface area contributed by atoms with Gasteiger partial charge >= 0.3 is 0 Å². The monoisotopic (exact) mass is 259 g/mol. The molecule has 1 saturated carbocycles. The first kappa shape index (κ1) is 10.1. The lowest BCUT2D eigenvalue weighted by Gasteiger charge is -2.25. The van der Waals surface area contributed by atoms with Gasteiger partial charge in [-0.25, -0.2) is 0 Å². The van der Waals surface area contributed by atoms with Crippen LogP contribution in [0.2, 0.25) is 0 Å². The highest BCUT2D eigenvalue weighted by atomic mass is 79.9. The maximum atomic E-state index is 9.59. The maximum absolute atomic E-state index is 9.59. The van der Waals surface area contributed by atoms with Gasteiger partial charge in [-0.05, 0) is 35.2 Å². The molecule has 0 spiro atoms. The molecule has 1 aliphatic rings. The van der Waals surface area contributed by atoms with Gasteiger partial charge in [0.1, 0.15) is 0 Å². The van der Waals surface area contributed by atoms with Gasteiger partial charge in [-0.2, -0.15) is 0 Å². The topological polar surface area (TPSA) is 50.9 Å². The molecule has 1 N–H and O–H groups in total. The zero-order valence-corrected chi connectivity index (χ0v) is 9.74. The summed E-state index contributed by atoms with van der Waals surface area (Å²) < 4.78 is 2.62. The highest BCUT2D eigenvalue weighted by molar-refractivity contribution is 9.10. The molecule has 2 unspecified atom stereocenters. The number of rotatable bonds is 1. The molecule has 2 atom stereocenters. The van der Waals surface area contributed by atoms with Gasteiger partial charge in [0.25, 0.3) is 0 Å². The number of nitrogens with zero attached hydrogens (tertiary/aromatic N) is 3. The molecule has 14 heavy (non-hydrogen) atoms. The number of aliphatic hydroxyl groups excluding tert-OH is 1. The summed E-state index contributed by atoms with van der Waals surface area (Å²) in [6, 6.07) is 0. The van der Waals surface area contributed by atoms with Crippen LogP contribution < -0.4 is 0 Å². The van der Waals surface area contributed by atoms with Crippen molar-refractivity contribution >= 4 is 15.9 Å². The van der Waals surface area contributed by atoms with Crippen molar-refractivity contribution in [3.63, 3.8) is 0 Å². The largest absolute Gasteiger partial charge is 0.393 e. The summed E-state index contributed by atoms with van der Waals surface area (Å²) in [7, 11) is 1.90. The molecule has 1 aromatic heterocycles. The zero-order chi connectivity index (χ0) is 10.1. The molecule has 1 aromatic rings. The van der Waals surface area contributed by atoms with Crippen LogP contribution in [-0.2, 0) is 7.05 Å². The van der Waals surface area contributed by atoms with Gasteiger partial charge in [0.05, 0.1) is 11.8 Å². The Kier molecular flexibility index (Phi) is 2.88. The molecule has 0 bridgehead atoms. The minimum atomic E-state index is -0.157. The molecule has 1 aliphatic carbocycles. The van der Waals surface area contributed by atoms with Crippen molar-refractivity contribution in [1.29, 1.82) is 0 Å². The number of aliphatic hydroxyl groups is 1. The summed E-state index contributed by atoms with van der Waals surface area (Å²) in [6.45, 7) is 0. The van der Waals surface area contributed by atoms with E-state index in [1.807, 2.05) is 7.05 Å². The predicted molar refractivity (Wildman–Crippen MR) is 55.9 cm³/mol. The van der Waals surface area contributed by atoms with Crippen LogP contribution in [0.4, 0.5) is 0 Å². The van der Waals surface area contributed by atoms with Crippen molar-refractivity contribution < 1.29 is 5.11 Å². The van der Waals surface area contributed by atoms with Crippen LogP contribution >= 0.6 is 15.9 Å². The number of hydrogen-bond donors (Lipinski definition) is 1. The third-order valence-electron chi connectivity index (χ3n) is 2.86. The van der Waals surface area contributed by atoms with Crippen LogP contribution in [-0.4, -0.2) is 26.2 Å². The van der Waals surface area contributed by atoms with Gasteiger partial charge in [-0.15, -0.1) is 5.10 Å². The molecule has 4 nitrogen and oxygen atoms in total. The Morgan fingerprint density at radius 3 is 2.86 bits per heavy atom. The normalized spacial score (nSPS) is 27.9.